The first-order valence-electron chi connectivity index (χ1n) is 12.4. The number of anilines is 1. The van der Waals surface area contributed by atoms with Gasteiger partial charge in [0.2, 0.25) is 12.3 Å². The molecule has 2 aromatic rings. The van der Waals surface area contributed by atoms with Crippen molar-refractivity contribution in [1.29, 1.82) is 0 Å². The molecule has 2 aliphatic carbocycles. The van der Waals surface area contributed by atoms with Gasteiger partial charge in [-0.3, -0.25) is 24.3 Å². The fourth-order valence-electron chi connectivity index (χ4n) is 4.23. The van der Waals surface area contributed by atoms with E-state index in [1.165, 1.54) is 16.9 Å². The standard InChI is InChI=1S/C24H31N3O2.C4H6O/c1-24(2,3)19-11-13-21(14-12-19)27(17-28)22(18-8-7-15-25-16-18)23(29)26-20-9-5-4-6-10-20;5-4-2-1-3-4/h7-8,11-17,20,22H,4-6,9-10H2,1-3H3,(H,26,29);1-3H2. The lowest BCUT2D eigenvalue weighted by molar-refractivity contribution is -0.125. The molecule has 1 unspecified atom stereocenters. The van der Waals surface area contributed by atoms with Crippen LogP contribution in [0.1, 0.15) is 89.3 Å². The van der Waals surface area contributed by atoms with Crippen molar-refractivity contribution in [1.82, 2.24) is 10.3 Å². The number of carbonyl (C=O) groups excluding carboxylic acids is 3. The molecule has 0 bridgehead atoms. The van der Waals surface area contributed by atoms with Crippen LogP contribution in [-0.2, 0) is 19.8 Å². The number of ketones is 1. The molecule has 1 heterocycles. The average Bonchev–Trinajstić information content (AvgIpc) is 2.82. The molecule has 6 nitrogen and oxygen atoms in total. The monoisotopic (exact) mass is 463 g/mol. The maximum atomic E-state index is 13.3. The molecule has 34 heavy (non-hydrogen) atoms. The number of amides is 2. The van der Waals surface area contributed by atoms with Crippen molar-refractivity contribution in [2.75, 3.05) is 4.90 Å². The molecule has 2 aliphatic rings. The van der Waals surface area contributed by atoms with E-state index in [9.17, 15) is 14.4 Å². The summed E-state index contributed by atoms with van der Waals surface area (Å²) in [6.07, 6.45) is 12.4. The van der Waals surface area contributed by atoms with Crippen LogP contribution in [0, 0.1) is 0 Å². The molecule has 6 heteroatoms. The zero-order valence-electron chi connectivity index (χ0n) is 20.6. The number of Topliss-reactive ketones (excluding diaryl/α,β-unsaturated/α-hetero) is 1. The highest BCUT2D eigenvalue weighted by Crippen LogP contribution is 2.30. The van der Waals surface area contributed by atoms with Gasteiger partial charge in [-0.1, -0.05) is 58.2 Å². The van der Waals surface area contributed by atoms with E-state index < -0.39 is 6.04 Å². The molecule has 2 saturated carbocycles. The fraction of sp³-hybridized carbons (Fsp3) is 0.500. The zero-order chi connectivity index (χ0) is 24.6. The molecule has 1 N–H and O–H groups in total. The van der Waals surface area contributed by atoms with E-state index in [4.69, 9.17) is 0 Å². The lowest BCUT2D eigenvalue weighted by Gasteiger charge is -2.31. The second-order valence-corrected chi connectivity index (χ2v) is 10.2. The molecule has 2 amide bonds. The first kappa shape index (κ1) is 25.6. The molecule has 1 aromatic carbocycles. The van der Waals surface area contributed by atoms with E-state index >= 15 is 0 Å². The molecule has 1 atom stereocenters. The third-order valence-corrected chi connectivity index (χ3v) is 6.53. The molecule has 2 fully saturated rings. The van der Waals surface area contributed by atoms with Crippen LogP contribution < -0.4 is 10.2 Å². The van der Waals surface area contributed by atoms with Gasteiger partial charge in [0.25, 0.3) is 0 Å². The number of nitrogens with one attached hydrogen (secondary N) is 1. The Bertz CT molecular complexity index is 939. The largest absolute Gasteiger partial charge is 0.351 e. The molecule has 0 radical (unpaired) electrons. The summed E-state index contributed by atoms with van der Waals surface area (Å²) >= 11 is 0. The Balaban J connectivity index is 0.000000574. The summed E-state index contributed by atoms with van der Waals surface area (Å²) in [6.45, 7) is 6.45. The number of rotatable bonds is 6. The zero-order valence-corrected chi connectivity index (χ0v) is 20.6. The first-order valence-corrected chi connectivity index (χ1v) is 12.4. The van der Waals surface area contributed by atoms with Crippen molar-refractivity contribution in [2.24, 2.45) is 0 Å². The Morgan fingerprint density at radius 1 is 1.06 bits per heavy atom. The summed E-state index contributed by atoms with van der Waals surface area (Å²) in [4.78, 5) is 41.0. The molecular weight excluding hydrogens is 426 g/mol. The normalized spacial score (nSPS) is 17.0. The summed E-state index contributed by atoms with van der Waals surface area (Å²) in [5.41, 5.74) is 2.59. The fourth-order valence-corrected chi connectivity index (χ4v) is 4.23. The van der Waals surface area contributed by atoms with Crippen LogP contribution in [0.15, 0.2) is 48.8 Å². The van der Waals surface area contributed by atoms with E-state index in [0.717, 1.165) is 51.4 Å². The van der Waals surface area contributed by atoms with Gasteiger partial charge >= 0.3 is 0 Å². The lowest BCUT2D eigenvalue weighted by Crippen LogP contribution is -2.45. The van der Waals surface area contributed by atoms with Gasteiger partial charge in [-0.15, -0.1) is 0 Å². The van der Waals surface area contributed by atoms with E-state index in [0.29, 0.717) is 17.0 Å². The van der Waals surface area contributed by atoms with Crippen molar-refractivity contribution in [2.45, 2.75) is 89.6 Å². The van der Waals surface area contributed by atoms with E-state index in [1.807, 2.05) is 30.3 Å². The highest BCUT2D eigenvalue weighted by molar-refractivity contribution is 5.93. The number of hydrogen-bond donors (Lipinski definition) is 1. The van der Waals surface area contributed by atoms with Crippen LogP contribution in [0.3, 0.4) is 0 Å². The minimum atomic E-state index is -0.747. The number of pyridine rings is 1. The van der Waals surface area contributed by atoms with Crippen LogP contribution >= 0.6 is 0 Å². The smallest absolute Gasteiger partial charge is 0.248 e. The minimum absolute atomic E-state index is 0.0195. The average molecular weight is 464 g/mol. The van der Waals surface area contributed by atoms with Gasteiger partial charge in [0, 0.05) is 42.5 Å². The van der Waals surface area contributed by atoms with Crippen LogP contribution in [0.2, 0.25) is 0 Å². The molecule has 0 aliphatic heterocycles. The van der Waals surface area contributed by atoms with E-state index in [-0.39, 0.29) is 17.4 Å². The maximum Gasteiger partial charge on any atom is 0.248 e. The minimum Gasteiger partial charge on any atom is -0.351 e. The number of hydrogen-bond acceptors (Lipinski definition) is 4. The summed E-state index contributed by atoms with van der Waals surface area (Å²) in [5.74, 6) is 0.280. The second kappa shape index (κ2) is 11.9. The Morgan fingerprint density at radius 3 is 2.18 bits per heavy atom. The number of carbonyl (C=O) groups is 3. The van der Waals surface area contributed by atoms with Gasteiger partial charge in [-0.25, -0.2) is 0 Å². The Morgan fingerprint density at radius 2 is 1.71 bits per heavy atom. The summed E-state index contributed by atoms with van der Waals surface area (Å²) < 4.78 is 0. The van der Waals surface area contributed by atoms with Crippen molar-refractivity contribution in [3.63, 3.8) is 0 Å². The third kappa shape index (κ3) is 6.99. The van der Waals surface area contributed by atoms with Crippen LogP contribution in [0.5, 0.6) is 0 Å². The van der Waals surface area contributed by atoms with Gasteiger partial charge in [0.15, 0.2) is 0 Å². The highest BCUT2D eigenvalue weighted by atomic mass is 16.2. The Kier molecular flexibility index (Phi) is 8.97. The van der Waals surface area contributed by atoms with Crippen molar-refractivity contribution in [3.8, 4) is 0 Å². The number of aromatic nitrogens is 1. The van der Waals surface area contributed by atoms with Crippen LogP contribution in [0.25, 0.3) is 0 Å². The topological polar surface area (TPSA) is 79.4 Å². The van der Waals surface area contributed by atoms with Crippen LogP contribution in [-0.4, -0.2) is 29.1 Å². The first-order chi connectivity index (χ1) is 16.3. The van der Waals surface area contributed by atoms with E-state index in [2.05, 4.69) is 31.1 Å². The van der Waals surface area contributed by atoms with Crippen LogP contribution in [0.4, 0.5) is 5.69 Å². The van der Waals surface area contributed by atoms with Crippen molar-refractivity contribution >= 4 is 23.8 Å². The highest BCUT2D eigenvalue weighted by Gasteiger charge is 2.30. The summed E-state index contributed by atoms with van der Waals surface area (Å²) in [5, 5.41) is 3.17. The molecule has 4 rings (SSSR count). The summed E-state index contributed by atoms with van der Waals surface area (Å²) in [6, 6.07) is 10.9. The van der Waals surface area contributed by atoms with Gasteiger partial charge in [-0.2, -0.15) is 0 Å². The summed E-state index contributed by atoms with van der Waals surface area (Å²) in [7, 11) is 0. The second-order valence-electron chi connectivity index (χ2n) is 10.2. The number of nitrogens with zero attached hydrogens (tertiary/aromatic N) is 2. The van der Waals surface area contributed by atoms with Gasteiger partial charge < -0.3 is 5.32 Å². The predicted octanol–water partition coefficient (Wildman–Crippen LogP) is 5.27. The number of benzene rings is 1. The van der Waals surface area contributed by atoms with E-state index in [1.54, 1.807) is 18.5 Å². The Hall–Kier alpha value is -3.02. The Labute approximate surface area is 203 Å². The lowest BCUT2D eigenvalue weighted by atomic mass is 9.87. The SMILES string of the molecule is CC(C)(C)c1ccc(N(C=O)C(C(=O)NC2CCCCC2)c2cccnc2)cc1.O=C1CCC1. The van der Waals surface area contributed by atoms with Gasteiger partial charge in [0.05, 0.1) is 0 Å². The molecule has 1 aromatic heterocycles. The maximum absolute atomic E-state index is 13.3. The quantitative estimate of drug-likeness (QED) is 0.592. The van der Waals surface area contributed by atoms with Gasteiger partial charge in [0.1, 0.15) is 11.8 Å². The van der Waals surface area contributed by atoms with Gasteiger partial charge in [-0.05, 0) is 48.4 Å². The van der Waals surface area contributed by atoms with Crippen molar-refractivity contribution < 1.29 is 14.4 Å². The molecule has 0 spiro atoms. The molecule has 0 saturated heterocycles. The molecule has 182 valence electrons. The molecular formula is C28H37N3O3. The third-order valence-electron chi connectivity index (χ3n) is 6.53. The predicted molar refractivity (Wildman–Crippen MR) is 135 cm³/mol. The van der Waals surface area contributed by atoms with Crippen molar-refractivity contribution in [3.05, 3.63) is 59.9 Å².